The quantitative estimate of drug-likeness (QED) is 0.820. The SMILES string of the molecule is Cc1ccc([C@H](C)NC(=O)C(C)CCN)cc1. The van der Waals surface area contributed by atoms with E-state index in [2.05, 4.69) is 24.4 Å². The monoisotopic (exact) mass is 234 g/mol. The normalized spacial score (nSPS) is 14.1. The van der Waals surface area contributed by atoms with Crippen molar-refractivity contribution in [2.24, 2.45) is 11.7 Å². The number of nitrogens with two attached hydrogens (primary N) is 1. The van der Waals surface area contributed by atoms with E-state index >= 15 is 0 Å². The third-order valence-electron chi connectivity index (χ3n) is 2.98. The first-order valence-corrected chi connectivity index (χ1v) is 6.11. The van der Waals surface area contributed by atoms with Gasteiger partial charge in [0.25, 0.3) is 0 Å². The lowest BCUT2D eigenvalue weighted by atomic mass is 10.0. The molecular formula is C14H22N2O. The highest BCUT2D eigenvalue weighted by atomic mass is 16.1. The van der Waals surface area contributed by atoms with Crippen molar-refractivity contribution in [3.05, 3.63) is 35.4 Å². The van der Waals surface area contributed by atoms with Crippen LogP contribution in [0.3, 0.4) is 0 Å². The standard InChI is InChI=1S/C14H22N2O/c1-10-4-6-13(7-5-10)12(3)16-14(17)11(2)8-9-15/h4-7,11-12H,8-9,15H2,1-3H3,(H,16,17)/t11?,12-/m0/s1. The summed E-state index contributed by atoms with van der Waals surface area (Å²) >= 11 is 0. The Labute approximate surface area is 103 Å². The van der Waals surface area contributed by atoms with Crippen LogP contribution in [0.15, 0.2) is 24.3 Å². The summed E-state index contributed by atoms with van der Waals surface area (Å²) in [6.45, 7) is 6.51. The molecule has 1 rings (SSSR count). The van der Waals surface area contributed by atoms with Crippen molar-refractivity contribution < 1.29 is 4.79 Å². The molecule has 1 aromatic rings. The fourth-order valence-corrected chi connectivity index (χ4v) is 1.68. The minimum absolute atomic E-state index is 0.0205. The van der Waals surface area contributed by atoms with Crippen LogP contribution in [-0.4, -0.2) is 12.5 Å². The number of amides is 1. The van der Waals surface area contributed by atoms with E-state index in [1.165, 1.54) is 5.56 Å². The second-order valence-electron chi connectivity index (χ2n) is 4.62. The van der Waals surface area contributed by atoms with Crippen LogP contribution in [0, 0.1) is 12.8 Å². The zero-order chi connectivity index (χ0) is 12.8. The van der Waals surface area contributed by atoms with Gasteiger partial charge in [-0.1, -0.05) is 36.8 Å². The Morgan fingerprint density at radius 2 is 1.88 bits per heavy atom. The van der Waals surface area contributed by atoms with Gasteiger partial charge in [-0.15, -0.1) is 0 Å². The average Bonchev–Trinajstić information content (AvgIpc) is 2.30. The molecule has 1 amide bonds. The van der Waals surface area contributed by atoms with Gasteiger partial charge < -0.3 is 11.1 Å². The van der Waals surface area contributed by atoms with E-state index in [1.807, 2.05) is 26.0 Å². The van der Waals surface area contributed by atoms with Gasteiger partial charge in [0.1, 0.15) is 0 Å². The lowest BCUT2D eigenvalue weighted by Gasteiger charge is -2.17. The molecule has 1 unspecified atom stereocenters. The van der Waals surface area contributed by atoms with Crippen LogP contribution in [0.5, 0.6) is 0 Å². The molecule has 0 aromatic heterocycles. The first-order valence-electron chi connectivity index (χ1n) is 6.11. The number of nitrogens with one attached hydrogen (secondary N) is 1. The number of hydrogen-bond donors (Lipinski definition) is 2. The zero-order valence-corrected chi connectivity index (χ0v) is 10.9. The number of rotatable bonds is 5. The predicted octanol–water partition coefficient (Wildman–Crippen LogP) is 2.16. The van der Waals surface area contributed by atoms with Crippen LogP contribution < -0.4 is 11.1 Å². The Morgan fingerprint density at radius 1 is 1.29 bits per heavy atom. The molecule has 94 valence electrons. The molecule has 0 fully saturated rings. The van der Waals surface area contributed by atoms with Crippen LogP contribution in [0.4, 0.5) is 0 Å². The summed E-state index contributed by atoms with van der Waals surface area (Å²) in [6, 6.07) is 8.26. The molecule has 0 aliphatic rings. The number of hydrogen-bond acceptors (Lipinski definition) is 2. The van der Waals surface area contributed by atoms with Crippen molar-refractivity contribution in [1.82, 2.24) is 5.32 Å². The van der Waals surface area contributed by atoms with Gasteiger partial charge in [-0.05, 0) is 32.4 Å². The van der Waals surface area contributed by atoms with Crippen molar-refractivity contribution in [3.63, 3.8) is 0 Å². The van der Waals surface area contributed by atoms with Crippen LogP contribution >= 0.6 is 0 Å². The predicted molar refractivity (Wildman–Crippen MR) is 70.6 cm³/mol. The average molecular weight is 234 g/mol. The summed E-state index contributed by atoms with van der Waals surface area (Å²) in [6.07, 6.45) is 0.729. The van der Waals surface area contributed by atoms with Gasteiger partial charge in [0.05, 0.1) is 6.04 Å². The van der Waals surface area contributed by atoms with E-state index in [9.17, 15) is 4.79 Å². The molecule has 0 heterocycles. The molecule has 3 nitrogen and oxygen atoms in total. The molecule has 3 heteroatoms. The summed E-state index contributed by atoms with van der Waals surface area (Å²) < 4.78 is 0. The zero-order valence-electron chi connectivity index (χ0n) is 10.9. The molecule has 0 spiro atoms. The summed E-state index contributed by atoms with van der Waals surface area (Å²) in [5.41, 5.74) is 7.80. The van der Waals surface area contributed by atoms with Gasteiger partial charge in [0.15, 0.2) is 0 Å². The maximum Gasteiger partial charge on any atom is 0.223 e. The van der Waals surface area contributed by atoms with Gasteiger partial charge in [-0.3, -0.25) is 4.79 Å². The van der Waals surface area contributed by atoms with E-state index in [0.717, 1.165) is 12.0 Å². The molecule has 3 N–H and O–H groups in total. The van der Waals surface area contributed by atoms with Crippen LogP contribution in [-0.2, 0) is 4.79 Å². The molecule has 2 atom stereocenters. The molecule has 17 heavy (non-hydrogen) atoms. The van der Waals surface area contributed by atoms with E-state index in [4.69, 9.17) is 5.73 Å². The third-order valence-corrected chi connectivity index (χ3v) is 2.98. The first-order chi connectivity index (χ1) is 8.04. The summed E-state index contributed by atoms with van der Waals surface area (Å²) in [7, 11) is 0. The highest BCUT2D eigenvalue weighted by molar-refractivity contribution is 5.78. The second-order valence-corrected chi connectivity index (χ2v) is 4.62. The number of carbonyl (C=O) groups is 1. The summed E-state index contributed by atoms with van der Waals surface area (Å²) in [5, 5.41) is 3.01. The largest absolute Gasteiger partial charge is 0.349 e. The highest BCUT2D eigenvalue weighted by Gasteiger charge is 2.15. The van der Waals surface area contributed by atoms with Crippen LogP contribution in [0.2, 0.25) is 0 Å². The topological polar surface area (TPSA) is 55.1 Å². The van der Waals surface area contributed by atoms with Crippen molar-refractivity contribution >= 4 is 5.91 Å². The van der Waals surface area contributed by atoms with Gasteiger partial charge in [-0.2, -0.15) is 0 Å². The van der Waals surface area contributed by atoms with Crippen molar-refractivity contribution in [2.75, 3.05) is 6.54 Å². The maximum atomic E-state index is 11.8. The van der Waals surface area contributed by atoms with E-state index in [-0.39, 0.29) is 17.9 Å². The molecule has 0 saturated heterocycles. The van der Waals surface area contributed by atoms with Gasteiger partial charge >= 0.3 is 0 Å². The third kappa shape index (κ3) is 4.19. The lowest BCUT2D eigenvalue weighted by Crippen LogP contribution is -2.32. The minimum atomic E-state index is -0.0205. The maximum absolute atomic E-state index is 11.8. The second kappa shape index (κ2) is 6.40. The van der Waals surface area contributed by atoms with E-state index in [0.29, 0.717) is 6.54 Å². The summed E-state index contributed by atoms with van der Waals surface area (Å²) in [4.78, 5) is 11.8. The number of aryl methyl sites for hydroxylation is 1. The molecule has 0 saturated carbocycles. The van der Waals surface area contributed by atoms with Crippen molar-refractivity contribution in [1.29, 1.82) is 0 Å². The Bertz CT molecular complexity index is 359. The van der Waals surface area contributed by atoms with Gasteiger partial charge in [-0.25, -0.2) is 0 Å². The highest BCUT2D eigenvalue weighted by Crippen LogP contribution is 2.14. The number of benzene rings is 1. The minimum Gasteiger partial charge on any atom is -0.349 e. The lowest BCUT2D eigenvalue weighted by molar-refractivity contribution is -0.125. The van der Waals surface area contributed by atoms with Crippen molar-refractivity contribution in [3.8, 4) is 0 Å². The Hall–Kier alpha value is -1.35. The number of carbonyl (C=O) groups excluding carboxylic acids is 1. The smallest absolute Gasteiger partial charge is 0.223 e. The first kappa shape index (κ1) is 13.7. The van der Waals surface area contributed by atoms with E-state index < -0.39 is 0 Å². The molecule has 0 aliphatic carbocycles. The van der Waals surface area contributed by atoms with Crippen LogP contribution in [0.25, 0.3) is 0 Å². The van der Waals surface area contributed by atoms with E-state index in [1.54, 1.807) is 0 Å². The van der Waals surface area contributed by atoms with Gasteiger partial charge in [0.2, 0.25) is 5.91 Å². The Kier molecular flexibility index (Phi) is 5.16. The molecule has 1 aromatic carbocycles. The fourth-order valence-electron chi connectivity index (χ4n) is 1.68. The molecular weight excluding hydrogens is 212 g/mol. The van der Waals surface area contributed by atoms with Gasteiger partial charge in [0, 0.05) is 5.92 Å². The fraction of sp³-hybridized carbons (Fsp3) is 0.500. The Balaban J connectivity index is 2.57. The molecule has 0 radical (unpaired) electrons. The Morgan fingerprint density at radius 3 is 2.41 bits per heavy atom. The van der Waals surface area contributed by atoms with Crippen LogP contribution in [0.1, 0.15) is 37.4 Å². The molecule has 0 aliphatic heterocycles. The van der Waals surface area contributed by atoms with Crippen molar-refractivity contribution in [2.45, 2.75) is 33.2 Å². The summed E-state index contributed by atoms with van der Waals surface area (Å²) in [5.74, 6) is 0.0522. The molecule has 0 bridgehead atoms.